The van der Waals surface area contributed by atoms with Crippen LogP contribution in [0.15, 0.2) is 6.20 Å². The number of aryl methyl sites for hydroxylation is 1. The third-order valence-electron chi connectivity index (χ3n) is 3.21. The predicted molar refractivity (Wildman–Crippen MR) is 80.1 cm³/mol. The van der Waals surface area contributed by atoms with Crippen LogP contribution in [0.1, 0.15) is 37.2 Å². The molecule has 0 unspecified atom stereocenters. The minimum absolute atomic E-state index is 0.0465. The average Bonchev–Trinajstić information content (AvgIpc) is 2.89. The van der Waals surface area contributed by atoms with E-state index >= 15 is 0 Å². The normalized spacial score (nSPS) is 13.5. The Morgan fingerprint density at radius 1 is 1.43 bits per heavy atom. The van der Waals surface area contributed by atoms with E-state index in [2.05, 4.69) is 20.9 Å². The zero-order valence-corrected chi connectivity index (χ0v) is 12.6. The first-order valence-corrected chi connectivity index (χ1v) is 7.42. The van der Waals surface area contributed by atoms with E-state index in [9.17, 15) is 9.59 Å². The van der Waals surface area contributed by atoms with Crippen LogP contribution >= 0.6 is 0 Å². The number of nitrogens with zero attached hydrogens (tertiary/aromatic N) is 2. The second-order valence-electron chi connectivity index (χ2n) is 5.63. The number of amides is 2. The first-order valence-electron chi connectivity index (χ1n) is 7.42. The van der Waals surface area contributed by atoms with Crippen LogP contribution in [0, 0.1) is 5.92 Å². The Labute approximate surface area is 124 Å². The molecule has 7 nitrogen and oxygen atoms in total. The van der Waals surface area contributed by atoms with Gasteiger partial charge in [0.1, 0.15) is 5.69 Å². The van der Waals surface area contributed by atoms with Crippen LogP contribution in [0.2, 0.25) is 0 Å². The van der Waals surface area contributed by atoms with Crippen LogP contribution in [0.25, 0.3) is 0 Å². The predicted octanol–water partition coefficient (Wildman–Crippen LogP) is 0.591. The first kappa shape index (κ1) is 15.3. The van der Waals surface area contributed by atoms with Gasteiger partial charge in [-0.25, -0.2) is 4.98 Å². The summed E-state index contributed by atoms with van der Waals surface area (Å²) in [6.45, 7) is 6.81. The van der Waals surface area contributed by atoms with Crippen molar-refractivity contribution in [2.24, 2.45) is 5.92 Å². The molecule has 0 aliphatic carbocycles. The van der Waals surface area contributed by atoms with Crippen molar-refractivity contribution in [2.45, 2.75) is 33.2 Å². The van der Waals surface area contributed by atoms with Gasteiger partial charge in [-0.2, -0.15) is 0 Å². The van der Waals surface area contributed by atoms with E-state index in [0.717, 1.165) is 25.5 Å². The summed E-state index contributed by atoms with van der Waals surface area (Å²) in [4.78, 5) is 27.7. The number of nitrogens with one attached hydrogen (secondary N) is 3. The molecular formula is C14H23N5O2. The number of hydrogen-bond acceptors (Lipinski definition) is 4. The van der Waals surface area contributed by atoms with Crippen molar-refractivity contribution in [3.8, 4) is 0 Å². The number of fused-ring (bicyclic) bond motifs is 1. The Kier molecular flexibility index (Phi) is 5.19. The van der Waals surface area contributed by atoms with Gasteiger partial charge in [-0.3, -0.25) is 9.59 Å². The molecule has 0 fully saturated rings. The molecule has 0 atom stereocenters. The van der Waals surface area contributed by atoms with Gasteiger partial charge in [0.15, 0.2) is 0 Å². The van der Waals surface area contributed by atoms with Crippen molar-refractivity contribution in [2.75, 3.05) is 25.0 Å². The highest BCUT2D eigenvalue weighted by atomic mass is 16.2. The maximum atomic E-state index is 12.0. The lowest BCUT2D eigenvalue weighted by Crippen LogP contribution is -2.32. The number of carbonyl (C=O) groups excluding carboxylic acids is 2. The molecule has 3 N–H and O–H groups in total. The lowest BCUT2D eigenvalue weighted by Gasteiger charge is -2.14. The van der Waals surface area contributed by atoms with E-state index in [1.165, 1.54) is 0 Å². The zero-order chi connectivity index (χ0) is 15.2. The van der Waals surface area contributed by atoms with Crippen LogP contribution in [0.3, 0.4) is 0 Å². The van der Waals surface area contributed by atoms with Crippen molar-refractivity contribution < 1.29 is 9.59 Å². The topological polar surface area (TPSA) is 88.1 Å². The van der Waals surface area contributed by atoms with Gasteiger partial charge in [0, 0.05) is 38.8 Å². The Hall–Kier alpha value is -2.05. The molecule has 2 rings (SSSR count). The maximum Gasteiger partial charge on any atom is 0.271 e. The minimum atomic E-state index is -0.240. The molecular weight excluding hydrogens is 270 g/mol. The van der Waals surface area contributed by atoms with Crippen LogP contribution in [-0.2, 0) is 11.3 Å². The monoisotopic (exact) mass is 293 g/mol. The van der Waals surface area contributed by atoms with Crippen molar-refractivity contribution >= 4 is 17.8 Å². The van der Waals surface area contributed by atoms with E-state index in [4.69, 9.17) is 0 Å². The molecule has 0 aromatic carbocycles. The van der Waals surface area contributed by atoms with Crippen LogP contribution in [0.4, 0.5) is 5.95 Å². The van der Waals surface area contributed by atoms with Crippen molar-refractivity contribution in [3.05, 3.63) is 11.9 Å². The molecule has 0 saturated carbocycles. The molecule has 0 radical (unpaired) electrons. The van der Waals surface area contributed by atoms with Gasteiger partial charge in [0.25, 0.3) is 5.91 Å². The van der Waals surface area contributed by atoms with Crippen molar-refractivity contribution in [3.63, 3.8) is 0 Å². The molecule has 0 spiro atoms. The van der Waals surface area contributed by atoms with E-state index in [-0.39, 0.29) is 18.2 Å². The summed E-state index contributed by atoms with van der Waals surface area (Å²) < 4.78 is 1.94. The Bertz CT molecular complexity index is 486. The highest BCUT2D eigenvalue weighted by molar-refractivity contribution is 5.92. The average molecular weight is 293 g/mol. The Morgan fingerprint density at radius 3 is 2.95 bits per heavy atom. The summed E-state index contributed by atoms with van der Waals surface area (Å²) in [5.74, 6) is 0.874. The molecule has 1 aromatic rings. The minimum Gasteiger partial charge on any atom is -0.356 e. The summed E-state index contributed by atoms with van der Waals surface area (Å²) in [7, 11) is 0. The molecule has 2 heterocycles. The standard InChI is InChI=1S/C14H23N5O2/c1-10(2)8-17-12(20)4-6-15-13(21)11-9-19-7-3-5-16-14(19)18-11/h9-10H,3-8H2,1-2H3,(H,15,21)(H,16,18)(H,17,20). The third-order valence-corrected chi connectivity index (χ3v) is 3.21. The number of aromatic nitrogens is 2. The SMILES string of the molecule is CC(C)CNC(=O)CCNC(=O)c1cn2c(n1)NCCC2. The molecule has 1 aliphatic rings. The van der Waals surface area contributed by atoms with E-state index < -0.39 is 0 Å². The number of anilines is 1. The van der Waals surface area contributed by atoms with Crippen LogP contribution < -0.4 is 16.0 Å². The molecule has 0 saturated heterocycles. The lowest BCUT2D eigenvalue weighted by atomic mass is 10.2. The molecule has 1 aliphatic heterocycles. The van der Waals surface area contributed by atoms with Gasteiger partial charge in [0.05, 0.1) is 0 Å². The fourth-order valence-corrected chi connectivity index (χ4v) is 2.07. The highest BCUT2D eigenvalue weighted by Gasteiger charge is 2.16. The number of rotatable bonds is 6. The molecule has 2 amide bonds. The summed E-state index contributed by atoms with van der Waals surface area (Å²) in [6, 6.07) is 0. The first-order chi connectivity index (χ1) is 10.1. The highest BCUT2D eigenvalue weighted by Crippen LogP contribution is 2.13. The number of hydrogen-bond donors (Lipinski definition) is 3. The molecule has 21 heavy (non-hydrogen) atoms. The summed E-state index contributed by atoms with van der Waals surface area (Å²) in [5.41, 5.74) is 0.391. The van der Waals surface area contributed by atoms with E-state index in [1.54, 1.807) is 6.20 Å². The van der Waals surface area contributed by atoms with E-state index in [1.807, 2.05) is 18.4 Å². The van der Waals surface area contributed by atoms with Crippen molar-refractivity contribution in [1.29, 1.82) is 0 Å². The summed E-state index contributed by atoms with van der Waals surface area (Å²) in [6.07, 6.45) is 3.06. The summed E-state index contributed by atoms with van der Waals surface area (Å²) in [5, 5.41) is 8.69. The van der Waals surface area contributed by atoms with E-state index in [0.29, 0.717) is 24.7 Å². The molecule has 0 bridgehead atoms. The van der Waals surface area contributed by atoms with Gasteiger partial charge in [-0.05, 0) is 12.3 Å². The fraction of sp³-hybridized carbons (Fsp3) is 0.643. The number of imidazole rings is 1. The largest absolute Gasteiger partial charge is 0.356 e. The number of carbonyl (C=O) groups is 2. The Balaban J connectivity index is 1.74. The smallest absolute Gasteiger partial charge is 0.271 e. The van der Waals surface area contributed by atoms with Crippen LogP contribution in [0.5, 0.6) is 0 Å². The van der Waals surface area contributed by atoms with Gasteiger partial charge < -0.3 is 20.5 Å². The third kappa shape index (κ3) is 4.47. The molecule has 116 valence electrons. The summed E-state index contributed by atoms with van der Waals surface area (Å²) >= 11 is 0. The maximum absolute atomic E-state index is 12.0. The van der Waals surface area contributed by atoms with Gasteiger partial charge in [-0.15, -0.1) is 0 Å². The lowest BCUT2D eigenvalue weighted by molar-refractivity contribution is -0.121. The molecule has 7 heteroatoms. The van der Waals surface area contributed by atoms with Gasteiger partial charge >= 0.3 is 0 Å². The van der Waals surface area contributed by atoms with Crippen LogP contribution in [-0.4, -0.2) is 41.0 Å². The quantitative estimate of drug-likeness (QED) is 0.716. The Morgan fingerprint density at radius 2 is 2.24 bits per heavy atom. The second kappa shape index (κ2) is 7.10. The fourth-order valence-electron chi connectivity index (χ4n) is 2.07. The van der Waals surface area contributed by atoms with Crippen molar-refractivity contribution in [1.82, 2.24) is 20.2 Å². The molecule has 1 aromatic heterocycles. The van der Waals surface area contributed by atoms with Gasteiger partial charge in [-0.1, -0.05) is 13.8 Å². The van der Waals surface area contributed by atoms with Gasteiger partial charge in [0.2, 0.25) is 11.9 Å². The second-order valence-corrected chi connectivity index (χ2v) is 5.63. The zero-order valence-electron chi connectivity index (χ0n) is 12.6.